The van der Waals surface area contributed by atoms with Crippen LogP contribution in [-0.2, 0) is 32.7 Å². The van der Waals surface area contributed by atoms with Crippen molar-refractivity contribution in [2.75, 3.05) is 6.54 Å². The molecule has 0 aliphatic carbocycles. The van der Waals surface area contributed by atoms with Gasteiger partial charge < -0.3 is 0 Å². The molecule has 5 rings (SSSR count). The first-order valence-electron chi connectivity index (χ1n) is 11.3. The number of hydrogen-bond donors (Lipinski definition) is 0. The molecule has 0 amide bonds. The minimum Gasteiger partial charge on any atom is -0.294 e. The molecule has 9 heteroatoms. The number of halogens is 3. The van der Waals surface area contributed by atoms with Crippen LogP contribution < -0.4 is 5.56 Å². The molecule has 2 aromatic carbocycles. The van der Waals surface area contributed by atoms with Crippen molar-refractivity contribution in [1.82, 2.24) is 24.2 Å². The van der Waals surface area contributed by atoms with Gasteiger partial charge in [0.25, 0.3) is 5.56 Å². The molecule has 0 unspecified atom stereocenters. The third-order valence-electron chi connectivity index (χ3n) is 6.54. The number of hydrogen-bond acceptors (Lipinski definition) is 4. The summed E-state index contributed by atoms with van der Waals surface area (Å²) >= 11 is 0. The van der Waals surface area contributed by atoms with Gasteiger partial charge in [-0.2, -0.15) is 13.2 Å². The summed E-state index contributed by atoms with van der Waals surface area (Å²) in [6, 6.07) is 14.4. The van der Waals surface area contributed by atoms with Crippen LogP contribution >= 0.6 is 0 Å². The van der Waals surface area contributed by atoms with Crippen LogP contribution in [0.4, 0.5) is 13.2 Å². The van der Waals surface area contributed by atoms with Crippen molar-refractivity contribution in [3.63, 3.8) is 0 Å². The van der Waals surface area contributed by atoms with Crippen molar-refractivity contribution in [1.29, 1.82) is 0 Å². The lowest BCUT2D eigenvalue weighted by atomic mass is 10.1. The Morgan fingerprint density at radius 3 is 2.43 bits per heavy atom. The van der Waals surface area contributed by atoms with Crippen LogP contribution in [0.3, 0.4) is 0 Å². The summed E-state index contributed by atoms with van der Waals surface area (Å²) < 4.78 is 42.1. The molecule has 35 heavy (non-hydrogen) atoms. The lowest BCUT2D eigenvalue weighted by molar-refractivity contribution is -0.137. The predicted molar refractivity (Wildman–Crippen MR) is 126 cm³/mol. The molecule has 2 aromatic heterocycles. The number of nitrogens with zero attached hydrogens (tertiary/aromatic N) is 5. The average molecular weight is 480 g/mol. The van der Waals surface area contributed by atoms with Crippen molar-refractivity contribution in [2.24, 2.45) is 7.05 Å². The normalized spacial score (nSPS) is 14.2. The van der Waals surface area contributed by atoms with E-state index in [0.29, 0.717) is 30.9 Å². The molecule has 180 valence electrons. The second-order valence-electron chi connectivity index (χ2n) is 8.74. The zero-order chi connectivity index (χ0) is 24.7. The van der Waals surface area contributed by atoms with Crippen LogP contribution in [0, 0.1) is 6.92 Å². The molecular formula is C26H24F3N5O. The fraction of sp³-hybridized carbons (Fsp3) is 0.269. The Bertz CT molecular complexity index is 1420. The Labute approximate surface area is 200 Å². The molecule has 0 saturated heterocycles. The summed E-state index contributed by atoms with van der Waals surface area (Å²) in [5.41, 5.74) is 4.16. The van der Waals surface area contributed by atoms with E-state index in [1.807, 2.05) is 49.0 Å². The van der Waals surface area contributed by atoms with Crippen molar-refractivity contribution in [3.05, 3.63) is 99.2 Å². The van der Waals surface area contributed by atoms with Crippen molar-refractivity contribution >= 4 is 0 Å². The second kappa shape index (κ2) is 8.81. The van der Waals surface area contributed by atoms with Crippen molar-refractivity contribution < 1.29 is 13.2 Å². The van der Waals surface area contributed by atoms with Gasteiger partial charge in [0.15, 0.2) is 5.82 Å². The first-order valence-corrected chi connectivity index (χ1v) is 11.3. The third-order valence-corrected chi connectivity index (χ3v) is 6.54. The van der Waals surface area contributed by atoms with Gasteiger partial charge in [-0.05, 0) is 31.2 Å². The summed E-state index contributed by atoms with van der Waals surface area (Å²) in [7, 11) is 1.88. The number of alkyl halides is 3. The van der Waals surface area contributed by atoms with Crippen LogP contribution in [0.1, 0.15) is 28.1 Å². The molecule has 3 heterocycles. The molecule has 0 fully saturated rings. The van der Waals surface area contributed by atoms with E-state index in [9.17, 15) is 18.0 Å². The van der Waals surface area contributed by atoms with E-state index in [-0.39, 0.29) is 5.56 Å². The fourth-order valence-electron chi connectivity index (χ4n) is 4.49. The molecule has 0 saturated carbocycles. The zero-order valence-electron chi connectivity index (χ0n) is 19.4. The Morgan fingerprint density at radius 1 is 1.03 bits per heavy atom. The van der Waals surface area contributed by atoms with Gasteiger partial charge in [0.1, 0.15) is 0 Å². The lowest BCUT2D eigenvalue weighted by Gasteiger charge is -2.27. The molecule has 4 aromatic rings. The maximum Gasteiger partial charge on any atom is 0.416 e. The van der Waals surface area contributed by atoms with E-state index >= 15 is 0 Å². The maximum absolute atomic E-state index is 13.2. The highest BCUT2D eigenvalue weighted by atomic mass is 19.4. The molecule has 0 radical (unpaired) electrons. The topological polar surface area (TPSA) is 56.0 Å². The second-order valence-corrected chi connectivity index (χ2v) is 8.74. The summed E-state index contributed by atoms with van der Waals surface area (Å²) in [5, 5.41) is 0. The maximum atomic E-state index is 13.2. The fourth-order valence-corrected chi connectivity index (χ4v) is 4.49. The van der Waals surface area contributed by atoms with Gasteiger partial charge in [0.05, 0.1) is 22.5 Å². The Kier molecular flexibility index (Phi) is 5.80. The highest BCUT2D eigenvalue weighted by Gasteiger charge is 2.30. The van der Waals surface area contributed by atoms with Crippen LogP contribution in [0.5, 0.6) is 0 Å². The van der Waals surface area contributed by atoms with E-state index in [1.54, 1.807) is 10.9 Å². The molecule has 0 N–H and O–H groups in total. The Balaban J connectivity index is 1.35. The minimum absolute atomic E-state index is 0.0316. The van der Waals surface area contributed by atoms with Crippen LogP contribution in [0.2, 0.25) is 0 Å². The molecule has 6 nitrogen and oxygen atoms in total. The highest BCUT2D eigenvalue weighted by molar-refractivity contribution is 5.56. The zero-order valence-corrected chi connectivity index (χ0v) is 19.4. The highest BCUT2D eigenvalue weighted by Crippen LogP contribution is 2.30. The van der Waals surface area contributed by atoms with Crippen LogP contribution in [0.15, 0.2) is 65.6 Å². The van der Waals surface area contributed by atoms with Gasteiger partial charge in [0.2, 0.25) is 0 Å². The number of para-hydroxylation sites is 1. The minimum atomic E-state index is -4.37. The molecule has 0 bridgehead atoms. The summed E-state index contributed by atoms with van der Waals surface area (Å²) in [6.45, 7) is 3.78. The van der Waals surface area contributed by atoms with Gasteiger partial charge in [0, 0.05) is 56.1 Å². The lowest BCUT2D eigenvalue weighted by Crippen LogP contribution is -2.33. The van der Waals surface area contributed by atoms with Gasteiger partial charge in [-0.1, -0.05) is 30.3 Å². The smallest absolute Gasteiger partial charge is 0.294 e. The Morgan fingerprint density at radius 2 is 1.74 bits per heavy atom. The van der Waals surface area contributed by atoms with Gasteiger partial charge in [-0.3, -0.25) is 14.4 Å². The van der Waals surface area contributed by atoms with Gasteiger partial charge in [-0.25, -0.2) is 14.6 Å². The van der Waals surface area contributed by atoms with E-state index in [1.165, 1.54) is 12.1 Å². The summed E-state index contributed by atoms with van der Waals surface area (Å²) in [5.74, 6) is 0.413. The number of aromatic nitrogens is 4. The molecule has 0 spiro atoms. The molecule has 1 aliphatic heterocycles. The molecule has 0 atom stereocenters. The largest absolute Gasteiger partial charge is 0.416 e. The van der Waals surface area contributed by atoms with Gasteiger partial charge >= 0.3 is 6.18 Å². The van der Waals surface area contributed by atoms with Crippen molar-refractivity contribution in [3.8, 4) is 17.1 Å². The quantitative estimate of drug-likeness (QED) is 0.432. The van der Waals surface area contributed by atoms with Crippen LogP contribution in [-0.4, -0.2) is 30.8 Å². The van der Waals surface area contributed by atoms with E-state index < -0.39 is 11.7 Å². The van der Waals surface area contributed by atoms with E-state index in [2.05, 4.69) is 14.9 Å². The van der Waals surface area contributed by atoms with E-state index in [4.69, 9.17) is 0 Å². The van der Waals surface area contributed by atoms with Gasteiger partial charge in [-0.15, -0.1) is 0 Å². The predicted octanol–water partition coefficient (Wildman–Crippen LogP) is 4.52. The third kappa shape index (κ3) is 4.39. The number of rotatable bonds is 4. The monoisotopic (exact) mass is 479 g/mol. The summed E-state index contributed by atoms with van der Waals surface area (Å²) in [4.78, 5) is 24.5. The first kappa shape index (κ1) is 23.0. The number of benzene rings is 2. The first-order chi connectivity index (χ1) is 16.7. The summed E-state index contributed by atoms with van der Waals surface area (Å²) in [6.07, 6.45) is -1.97. The SMILES string of the molecule is Cc1c(CN2CCc3nc(-c4ccc(C(F)(F)F)cc4)ncc3C2)c(=O)n(-c2ccccc2)n1C. The average Bonchev–Trinajstić information content (AvgIpc) is 3.06. The van der Waals surface area contributed by atoms with Crippen molar-refractivity contribution in [2.45, 2.75) is 32.6 Å². The molecular weight excluding hydrogens is 455 g/mol. The Hall–Kier alpha value is -3.72. The molecule has 1 aliphatic rings. The standard InChI is InChI=1S/C26H24F3N5O/c1-17-22(25(35)34(32(17)2)21-6-4-3-5-7-21)16-33-13-12-23-19(15-33)14-30-24(31-23)18-8-10-20(11-9-18)26(27,28)29/h3-11,14H,12-13,15-16H2,1-2H3. The van der Waals surface area contributed by atoms with E-state index in [0.717, 1.165) is 46.9 Å². The number of fused-ring (bicyclic) bond motifs is 1. The van der Waals surface area contributed by atoms with Crippen LogP contribution in [0.25, 0.3) is 17.1 Å².